The number of hydrogen-bond acceptors (Lipinski definition) is 3. The molecular formula is C13H15F2N3O. The van der Waals surface area contributed by atoms with Crippen molar-refractivity contribution in [3.8, 4) is 6.07 Å². The maximum atomic E-state index is 13.3. The van der Waals surface area contributed by atoms with Gasteiger partial charge in [-0.05, 0) is 26.0 Å². The van der Waals surface area contributed by atoms with E-state index in [1.807, 2.05) is 6.07 Å². The lowest BCUT2D eigenvalue weighted by atomic mass is 10.1. The van der Waals surface area contributed by atoms with Crippen molar-refractivity contribution in [2.24, 2.45) is 5.92 Å². The normalized spacial score (nSPS) is 11.7. The third kappa shape index (κ3) is 3.41. The third-order valence-corrected chi connectivity index (χ3v) is 2.71. The largest absolute Gasteiger partial charge is 0.394 e. The zero-order valence-electron chi connectivity index (χ0n) is 10.8. The average molecular weight is 267 g/mol. The summed E-state index contributed by atoms with van der Waals surface area (Å²) in [5.41, 5.74) is 4.42. The highest BCUT2D eigenvalue weighted by Gasteiger charge is 2.19. The second-order valence-electron chi connectivity index (χ2n) is 4.23. The van der Waals surface area contributed by atoms with E-state index in [2.05, 4.69) is 0 Å². The highest BCUT2D eigenvalue weighted by molar-refractivity contribution is 5.94. The van der Waals surface area contributed by atoms with Crippen molar-refractivity contribution in [1.82, 2.24) is 4.90 Å². The Hall–Kier alpha value is -2.16. The number of carbonyl (C=O) groups is 1. The molecule has 1 amide bonds. The SMILES string of the molecule is CCN(CC(C)C#N)C(=O)c1cc(F)c(N)c(F)c1. The van der Waals surface area contributed by atoms with Crippen molar-refractivity contribution >= 4 is 11.6 Å². The Kier molecular flexibility index (Phi) is 4.81. The number of rotatable bonds is 4. The van der Waals surface area contributed by atoms with E-state index in [-0.39, 0.29) is 18.0 Å². The topological polar surface area (TPSA) is 70.1 Å². The zero-order chi connectivity index (χ0) is 14.6. The van der Waals surface area contributed by atoms with Crippen LogP contribution in [-0.4, -0.2) is 23.9 Å². The van der Waals surface area contributed by atoms with Crippen LogP contribution in [0.5, 0.6) is 0 Å². The van der Waals surface area contributed by atoms with Gasteiger partial charge in [-0.3, -0.25) is 4.79 Å². The molecule has 0 aliphatic rings. The quantitative estimate of drug-likeness (QED) is 0.850. The molecule has 1 unspecified atom stereocenters. The van der Waals surface area contributed by atoms with E-state index in [4.69, 9.17) is 11.0 Å². The van der Waals surface area contributed by atoms with Gasteiger partial charge >= 0.3 is 0 Å². The van der Waals surface area contributed by atoms with Crippen molar-refractivity contribution in [3.05, 3.63) is 29.3 Å². The van der Waals surface area contributed by atoms with E-state index in [1.54, 1.807) is 13.8 Å². The smallest absolute Gasteiger partial charge is 0.254 e. The minimum Gasteiger partial charge on any atom is -0.394 e. The Morgan fingerprint density at radius 2 is 2.00 bits per heavy atom. The van der Waals surface area contributed by atoms with E-state index in [0.29, 0.717) is 6.54 Å². The molecule has 1 rings (SSSR count). The van der Waals surface area contributed by atoms with E-state index in [1.165, 1.54) is 4.90 Å². The first kappa shape index (κ1) is 14.9. The van der Waals surface area contributed by atoms with Crippen LogP contribution < -0.4 is 5.73 Å². The minimum atomic E-state index is -0.965. The molecule has 4 nitrogen and oxygen atoms in total. The Labute approximate surface area is 110 Å². The molecular weight excluding hydrogens is 252 g/mol. The maximum absolute atomic E-state index is 13.3. The van der Waals surface area contributed by atoms with Gasteiger partial charge in [-0.2, -0.15) is 5.26 Å². The number of hydrogen-bond donors (Lipinski definition) is 1. The van der Waals surface area contributed by atoms with Crippen LogP contribution in [0, 0.1) is 28.9 Å². The van der Waals surface area contributed by atoms with Gasteiger partial charge in [0.1, 0.15) is 17.3 Å². The minimum absolute atomic E-state index is 0.115. The molecule has 19 heavy (non-hydrogen) atoms. The van der Waals surface area contributed by atoms with Gasteiger partial charge in [0.25, 0.3) is 5.91 Å². The van der Waals surface area contributed by atoms with Crippen LogP contribution in [0.4, 0.5) is 14.5 Å². The molecule has 0 radical (unpaired) electrons. The molecule has 0 aliphatic carbocycles. The van der Waals surface area contributed by atoms with Gasteiger partial charge in [0, 0.05) is 18.7 Å². The van der Waals surface area contributed by atoms with Crippen LogP contribution in [0.2, 0.25) is 0 Å². The summed E-state index contributed by atoms with van der Waals surface area (Å²) >= 11 is 0. The fourth-order valence-corrected chi connectivity index (χ4v) is 1.62. The number of nitrogens with two attached hydrogens (primary N) is 1. The Balaban J connectivity index is 3.02. The maximum Gasteiger partial charge on any atom is 0.254 e. The number of anilines is 1. The lowest BCUT2D eigenvalue weighted by molar-refractivity contribution is 0.0751. The van der Waals surface area contributed by atoms with Gasteiger partial charge in [-0.1, -0.05) is 0 Å². The van der Waals surface area contributed by atoms with Crippen molar-refractivity contribution in [2.45, 2.75) is 13.8 Å². The van der Waals surface area contributed by atoms with E-state index in [9.17, 15) is 13.6 Å². The van der Waals surface area contributed by atoms with Crippen LogP contribution in [0.15, 0.2) is 12.1 Å². The fraction of sp³-hybridized carbons (Fsp3) is 0.385. The van der Waals surface area contributed by atoms with Crippen LogP contribution in [0.1, 0.15) is 24.2 Å². The van der Waals surface area contributed by atoms with Crippen LogP contribution in [0.25, 0.3) is 0 Å². The van der Waals surface area contributed by atoms with E-state index < -0.39 is 23.2 Å². The highest BCUT2D eigenvalue weighted by Crippen LogP contribution is 2.18. The van der Waals surface area contributed by atoms with E-state index >= 15 is 0 Å². The van der Waals surface area contributed by atoms with Gasteiger partial charge < -0.3 is 10.6 Å². The molecule has 1 aromatic rings. The van der Waals surface area contributed by atoms with Gasteiger partial charge in [0.05, 0.1) is 12.0 Å². The molecule has 0 aliphatic heterocycles. The summed E-state index contributed by atoms with van der Waals surface area (Å²) in [5.74, 6) is -2.81. The Bertz CT molecular complexity index is 502. The third-order valence-electron chi connectivity index (χ3n) is 2.71. The van der Waals surface area contributed by atoms with E-state index in [0.717, 1.165) is 12.1 Å². The fourth-order valence-electron chi connectivity index (χ4n) is 1.62. The summed E-state index contributed by atoms with van der Waals surface area (Å²) in [6.07, 6.45) is 0. The van der Waals surface area contributed by atoms with Gasteiger partial charge in [-0.15, -0.1) is 0 Å². The monoisotopic (exact) mass is 267 g/mol. The molecule has 0 aromatic heterocycles. The molecule has 0 spiro atoms. The number of benzene rings is 1. The summed E-state index contributed by atoms with van der Waals surface area (Å²) in [4.78, 5) is 13.4. The lowest BCUT2D eigenvalue weighted by Gasteiger charge is -2.22. The van der Waals surface area contributed by atoms with Crippen molar-refractivity contribution in [2.75, 3.05) is 18.8 Å². The van der Waals surface area contributed by atoms with Crippen molar-refractivity contribution in [1.29, 1.82) is 5.26 Å². The van der Waals surface area contributed by atoms with Gasteiger partial charge in [0.15, 0.2) is 0 Å². The molecule has 0 fully saturated rings. The summed E-state index contributed by atoms with van der Waals surface area (Å²) in [6, 6.07) is 3.81. The molecule has 6 heteroatoms. The average Bonchev–Trinajstić information content (AvgIpc) is 2.40. The second-order valence-corrected chi connectivity index (χ2v) is 4.23. The first-order valence-corrected chi connectivity index (χ1v) is 5.84. The predicted octanol–water partition coefficient (Wildman–Crippen LogP) is 2.17. The van der Waals surface area contributed by atoms with Crippen molar-refractivity contribution in [3.63, 3.8) is 0 Å². The summed E-state index contributed by atoms with van der Waals surface area (Å²) in [5, 5.41) is 8.73. The summed E-state index contributed by atoms with van der Waals surface area (Å²) < 4.78 is 26.6. The summed E-state index contributed by atoms with van der Waals surface area (Å²) in [7, 11) is 0. The Morgan fingerprint density at radius 1 is 1.47 bits per heavy atom. The molecule has 102 valence electrons. The molecule has 2 N–H and O–H groups in total. The predicted molar refractivity (Wildman–Crippen MR) is 67.1 cm³/mol. The molecule has 1 aromatic carbocycles. The first-order chi connectivity index (χ1) is 8.90. The lowest BCUT2D eigenvalue weighted by Crippen LogP contribution is -2.34. The van der Waals surface area contributed by atoms with Gasteiger partial charge in [0.2, 0.25) is 0 Å². The standard InChI is InChI=1S/C13H15F2N3O/c1-3-18(7-8(2)6-16)13(19)9-4-10(14)12(17)11(15)5-9/h4-5,8H,3,7,17H2,1-2H3. The number of halogens is 2. The van der Waals surface area contributed by atoms with Crippen LogP contribution in [0.3, 0.4) is 0 Å². The van der Waals surface area contributed by atoms with Crippen LogP contribution in [-0.2, 0) is 0 Å². The zero-order valence-corrected chi connectivity index (χ0v) is 10.8. The first-order valence-electron chi connectivity index (χ1n) is 5.84. The molecule has 0 saturated heterocycles. The number of nitrogen functional groups attached to an aromatic ring is 1. The number of carbonyl (C=O) groups excluding carboxylic acids is 1. The summed E-state index contributed by atoms with van der Waals surface area (Å²) in [6.45, 7) is 3.95. The molecule has 0 heterocycles. The highest BCUT2D eigenvalue weighted by atomic mass is 19.1. The Morgan fingerprint density at radius 3 is 2.42 bits per heavy atom. The molecule has 0 saturated carbocycles. The number of nitriles is 1. The van der Waals surface area contributed by atoms with Crippen molar-refractivity contribution < 1.29 is 13.6 Å². The molecule has 0 bridgehead atoms. The van der Waals surface area contributed by atoms with Gasteiger partial charge in [-0.25, -0.2) is 8.78 Å². The molecule has 1 atom stereocenters. The number of amides is 1. The van der Waals surface area contributed by atoms with Crippen LogP contribution >= 0.6 is 0 Å². The number of nitrogens with zero attached hydrogens (tertiary/aromatic N) is 2. The second kappa shape index (κ2) is 6.14.